The minimum Gasteiger partial charge on any atom is -0.847 e. The van der Waals surface area contributed by atoms with Crippen LogP contribution in [0.4, 0.5) is 0 Å². The average molecular weight is 560 g/mol. The SMILES string of the molecule is COCC1CO1.COC[CH-]CO.[CH2+]CC([O-])COC.[CH2-]C(CO)COC.[Y].[Y]. The topological polar surface area (TPSA) is 113 Å². The zero-order valence-corrected chi connectivity index (χ0v) is 23.6. The summed E-state index contributed by atoms with van der Waals surface area (Å²) in [6, 6.07) is 0. The van der Waals surface area contributed by atoms with Gasteiger partial charge in [-0.05, 0) is 0 Å². The summed E-state index contributed by atoms with van der Waals surface area (Å²) in [4.78, 5) is 0. The van der Waals surface area contributed by atoms with Crippen LogP contribution < -0.4 is 5.11 Å². The molecule has 0 amide bonds. The Labute approximate surface area is 222 Å². The van der Waals surface area contributed by atoms with Crippen LogP contribution in [0.1, 0.15) is 6.42 Å². The maximum Gasteiger partial charge on any atom is 0.104 e. The zero-order valence-electron chi connectivity index (χ0n) is 17.9. The predicted octanol–water partition coefficient (Wildman–Crippen LogP) is -0.483. The van der Waals surface area contributed by atoms with Gasteiger partial charge in [-0.2, -0.15) is 0 Å². The number of epoxide rings is 1. The van der Waals surface area contributed by atoms with Gasteiger partial charge in [-0.15, -0.1) is 5.92 Å². The third kappa shape index (κ3) is 46.1. The summed E-state index contributed by atoms with van der Waals surface area (Å²) in [5, 5.41) is 26.7. The zero-order chi connectivity index (χ0) is 20.6. The second kappa shape index (κ2) is 36.1. The molecule has 1 aliphatic heterocycles. The molecule has 166 valence electrons. The van der Waals surface area contributed by atoms with Gasteiger partial charge in [-0.3, -0.25) is 6.42 Å². The first kappa shape index (κ1) is 40.2. The molecular weight excluding hydrogens is 522 g/mol. The molecule has 0 aromatic rings. The Kier molecular flexibility index (Phi) is 51.8. The maximum atomic E-state index is 10.3. The molecule has 1 heterocycles. The van der Waals surface area contributed by atoms with Crippen molar-refractivity contribution in [3.05, 3.63) is 20.3 Å². The molecule has 1 rings (SSSR count). The maximum absolute atomic E-state index is 10.3. The number of hydrogen-bond acceptors (Lipinski definition) is 8. The Hall–Kier alpha value is 1.76. The van der Waals surface area contributed by atoms with Crippen LogP contribution in [0.3, 0.4) is 0 Å². The summed E-state index contributed by atoms with van der Waals surface area (Å²) in [7, 11) is 6.38. The van der Waals surface area contributed by atoms with Gasteiger partial charge in [-0.25, -0.2) is 0 Å². The molecule has 8 nitrogen and oxygen atoms in total. The van der Waals surface area contributed by atoms with Gasteiger partial charge in [0.2, 0.25) is 0 Å². The van der Waals surface area contributed by atoms with Crippen molar-refractivity contribution >= 4 is 0 Å². The van der Waals surface area contributed by atoms with Crippen molar-refractivity contribution in [2.75, 3.05) is 74.7 Å². The van der Waals surface area contributed by atoms with Crippen molar-refractivity contribution < 1.29 is 104 Å². The van der Waals surface area contributed by atoms with Crippen LogP contribution in [0.25, 0.3) is 0 Å². The second-order valence-corrected chi connectivity index (χ2v) is 5.21. The molecule has 0 aliphatic carbocycles. The van der Waals surface area contributed by atoms with Crippen molar-refractivity contribution in [1.29, 1.82) is 0 Å². The summed E-state index contributed by atoms with van der Waals surface area (Å²) >= 11 is 0. The van der Waals surface area contributed by atoms with Crippen molar-refractivity contribution in [2.45, 2.75) is 18.6 Å². The van der Waals surface area contributed by atoms with E-state index in [1.807, 2.05) is 0 Å². The summed E-state index contributed by atoms with van der Waals surface area (Å²) in [5.74, 6) is 0.0324. The predicted molar refractivity (Wildman–Crippen MR) is 98.3 cm³/mol. The van der Waals surface area contributed by atoms with Crippen LogP contribution >= 0.6 is 0 Å². The van der Waals surface area contributed by atoms with Gasteiger partial charge in [0.25, 0.3) is 0 Å². The van der Waals surface area contributed by atoms with Gasteiger partial charge in [0, 0.05) is 114 Å². The van der Waals surface area contributed by atoms with E-state index in [2.05, 4.69) is 28.1 Å². The fraction of sp³-hybridized carbons (Fsp3) is 0.833. The molecule has 2 radical (unpaired) electrons. The quantitative estimate of drug-likeness (QED) is 0.198. The molecule has 0 aromatic carbocycles. The van der Waals surface area contributed by atoms with Crippen molar-refractivity contribution in [3.63, 3.8) is 0 Å². The minimum atomic E-state index is -0.634. The molecule has 2 N–H and O–H groups in total. The largest absolute Gasteiger partial charge is 0.847 e. The van der Waals surface area contributed by atoms with E-state index >= 15 is 0 Å². The van der Waals surface area contributed by atoms with E-state index in [-0.39, 0.29) is 91.2 Å². The van der Waals surface area contributed by atoms with Gasteiger partial charge in [0.05, 0.1) is 26.6 Å². The van der Waals surface area contributed by atoms with Crippen LogP contribution in [0.2, 0.25) is 0 Å². The first-order valence-electron chi connectivity index (χ1n) is 8.35. The molecule has 0 saturated carbocycles. The number of hydrogen-bond donors (Lipinski definition) is 2. The summed E-state index contributed by atoms with van der Waals surface area (Å²) < 4.78 is 23.3. The smallest absolute Gasteiger partial charge is 0.104 e. The van der Waals surface area contributed by atoms with Crippen molar-refractivity contribution in [3.8, 4) is 0 Å². The Balaban J connectivity index is -0.0000000821. The summed E-state index contributed by atoms with van der Waals surface area (Å²) in [6.07, 6.45) is 1.84. The van der Waals surface area contributed by atoms with Gasteiger partial charge in [0.15, 0.2) is 0 Å². The van der Waals surface area contributed by atoms with Crippen LogP contribution in [0.5, 0.6) is 0 Å². The molecular formula is C18H38O8Y2-2. The Bertz CT molecular complexity index is 222. The first-order chi connectivity index (χ1) is 12.5. The molecule has 1 saturated heterocycles. The third-order valence-electron chi connectivity index (χ3n) is 2.50. The van der Waals surface area contributed by atoms with E-state index in [4.69, 9.17) is 19.7 Å². The molecule has 10 heteroatoms. The van der Waals surface area contributed by atoms with Gasteiger partial charge in [0.1, 0.15) is 6.10 Å². The van der Waals surface area contributed by atoms with Gasteiger partial charge < -0.3 is 45.9 Å². The van der Waals surface area contributed by atoms with Crippen LogP contribution in [-0.4, -0.2) is 97.1 Å². The van der Waals surface area contributed by atoms with E-state index in [0.717, 1.165) is 13.2 Å². The molecule has 1 fully saturated rings. The summed E-state index contributed by atoms with van der Waals surface area (Å²) in [5.41, 5.74) is 0. The van der Waals surface area contributed by atoms with E-state index < -0.39 is 6.10 Å². The first-order valence-corrected chi connectivity index (χ1v) is 8.35. The molecule has 28 heavy (non-hydrogen) atoms. The van der Waals surface area contributed by atoms with E-state index in [9.17, 15) is 5.11 Å². The number of methoxy groups -OCH3 is 4. The number of aliphatic hydroxyl groups is 2. The fourth-order valence-corrected chi connectivity index (χ4v) is 1.08. The monoisotopic (exact) mass is 560 g/mol. The Morgan fingerprint density at radius 2 is 1.64 bits per heavy atom. The molecule has 0 aromatic heterocycles. The standard InChI is InChI=1S/C5H11O2.C5H10O2.C4H8O2.C4H9O2.2Y/c1-5(3-6)4-7-2;1-3-5(6)4-7-2;1-5-2-4-3-6-4;1-6-4-2-3-5;;/h5-6H,1,3-4H2,2H3;5H,1,3-4H2,2H3;4H,2-3H2,1H3;2,5H,3-4H2,1H3;;/q-1;;;-1;;. The fourth-order valence-electron chi connectivity index (χ4n) is 1.08. The van der Waals surface area contributed by atoms with E-state index in [1.165, 1.54) is 7.11 Å². The Morgan fingerprint density at radius 1 is 1.11 bits per heavy atom. The van der Waals surface area contributed by atoms with Crippen LogP contribution in [-0.2, 0) is 89.1 Å². The number of aliphatic hydroxyl groups excluding tert-OH is 2. The average Bonchev–Trinajstić information content (AvgIpc) is 3.46. The van der Waals surface area contributed by atoms with E-state index in [1.54, 1.807) is 27.8 Å². The molecule has 0 spiro atoms. The van der Waals surface area contributed by atoms with E-state index in [0.29, 0.717) is 25.7 Å². The molecule has 1 aliphatic rings. The third-order valence-corrected chi connectivity index (χ3v) is 2.50. The van der Waals surface area contributed by atoms with Crippen molar-refractivity contribution in [2.24, 2.45) is 5.92 Å². The number of rotatable bonds is 11. The minimum absolute atomic E-state index is 0. The van der Waals surface area contributed by atoms with Gasteiger partial charge in [-0.1, -0.05) is 19.3 Å². The second-order valence-electron chi connectivity index (χ2n) is 5.21. The van der Waals surface area contributed by atoms with Crippen LogP contribution in [0, 0.1) is 26.2 Å². The van der Waals surface area contributed by atoms with Crippen LogP contribution in [0.15, 0.2) is 0 Å². The normalized spacial score (nSPS) is 15.5. The number of ether oxygens (including phenoxy) is 5. The van der Waals surface area contributed by atoms with Gasteiger partial charge >= 0.3 is 0 Å². The molecule has 0 bridgehead atoms. The Morgan fingerprint density at radius 3 is 1.79 bits per heavy atom. The summed E-state index contributed by atoms with van der Waals surface area (Å²) in [6.45, 7) is 10.2. The molecule has 3 atom stereocenters. The van der Waals surface area contributed by atoms with Crippen molar-refractivity contribution in [1.82, 2.24) is 0 Å². The molecule has 3 unspecified atom stereocenters.